The van der Waals surface area contributed by atoms with Crippen LogP contribution >= 0.6 is 11.8 Å². The first kappa shape index (κ1) is 23.9. The lowest BCUT2D eigenvalue weighted by molar-refractivity contribution is -0.118. The summed E-state index contributed by atoms with van der Waals surface area (Å²) in [5.74, 6) is -1.03. The lowest BCUT2D eigenvalue weighted by atomic mass is 10.3. The Balaban J connectivity index is 2.66. The first-order valence-corrected chi connectivity index (χ1v) is 11.3. The van der Waals surface area contributed by atoms with Gasteiger partial charge in [0.25, 0.3) is 5.91 Å². The minimum Gasteiger partial charge on any atom is -0.343 e. The molecule has 0 aliphatic heterocycles. The summed E-state index contributed by atoms with van der Waals surface area (Å²) in [6, 6.07) is 1.36. The molecule has 1 unspecified atom stereocenters. The number of nitrogens with two attached hydrogens (primary N) is 1. The van der Waals surface area contributed by atoms with Crippen molar-refractivity contribution >= 4 is 38.8 Å². The van der Waals surface area contributed by atoms with Crippen LogP contribution in [0.15, 0.2) is 35.6 Å². The first-order valence-electron chi connectivity index (χ1n) is 8.65. The maximum absolute atomic E-state index is 12.1. The molecule has 0 fully saturated rings. The molecule has 0 aromatic carbocycles. The zero-order valence-corrected chi connectivity index (χ0v) is 18.1. The molecular formula is C17H27N5O4S2. The van der Waals surface area contributed by atoms with Crippen molar-refractivity contribution in [3.05, 3.63) is 36.2 Å². The largest absolute Gasteiger partial charge is 0.343 e. The van der Waals surface area contributed by atoms with E-state index in [4.69, 9.17) is 5.73 Å². The highest BCUT2D eigenvalue weighted by Gasteiger charge is 2.20. The van der Waals surface area contributed by atoms with E-state index in [1.807, 2.05) is 26.0 Å². The summed E-state index contributed by atoms with van der Waals surface area (Å²) in [4.78, 5) is 27.7. The van der Waals surface area contributed by atoms with Gasteiger partial charge in [0.15, 0.2) is 5.17 Å². The number of hydrogen-bond acceptors (Lipinski definition) is 7. The summed E-state index contributed by atoms with van der Waals surface area (Å²) in [5, 5.41) is 5.43. The second-order valence-electron chi connectivity index (χ2n) is 6.10. The summed E-state index contributed by atoms with van der Waals surface area (Å²) in [6.45, 7) is 5.79. The molecule has 156 valence electrons. The highest BCUT2D eigenvalue weighted by Crippen LogP contribution is 2.21. The Kier molecular flexibility index (Phi) is 8.92. The van der Waals surface area contributed by atoms with Gasteiger partial charge < -0.3 is 16.4 Å². The van der Waals surface area contributed by atoms with Gasteiger partial charge in [-0.3, -0.25) is 18.6 Å². The molecule has 11 heteroatoms. The Morgan fingerprint density at radius 1 is 1.39 bits per heavy atom. The van der Waals surface area contributed by atoms with Crippen molar-refractivity contribution in [3.63, 3.8) is 0 Å². The van der Waals surface area contributed by atoms with Gasteiger partial charge in [-0.25, -0.2) is 8.42 Å². The third-order valence-electron chi connectivity index (χ3n) is 3.27. The van der Waals surface area contributed by atoms with Gasteiger partial charge in [-0.1, -0.05) is 30.8 Å². The minimum absolute atomic E-state index is 0.134. The average Bonchev–Trinajstić information content (AvgIpc) is 3.08. The molecule has 0 aliphatic rings. The summed E-state index contributed by atoms with van der Waals surface area (Å²) < 4.78 is 23.8. The van der Waals surface area contributed by atoms with E-state index >= 15 is 0 Å². The lowest BCUT2D eigenvalue weighted by Gasteiger charge is -2.21. The molecule has 2 amide bonds. The SMILES string of the molecule is CC/C=C\C(C)(N)S/C(=N\CC)NC(=O)CNC(=O)c1ccn(S(C)(=O)=O)c1. The average molecular weight is 430 g/mol. The third-order valence-corrected chi connectivity index (χ3v) is 5.26. The van der Waals surface area contributed by atoms with E-state index in [0.717, 1.165) is 16.6 Å². The number of rotatable bonds is 8. The van der Waals surface area contributed by atoms with Gasteiger partial charge in [0, 0.05) is 18.9 Å². The molecule has 0 radical (unpaired) electrons. The van der Waals surface area contributed by atoms with E-state index in [1.54, 1.807) is 6.92 Å². The van der Waals surface area contributed by atoms with Crippen LogP contribution < -0.4 is 16.4 Å². The fourth-order valence-corrected chi connectivity index (χ4v) is 3.51. The Labute approximate surface area is 169 Å². The normalized spacial score (nSPS) is 14.7. The van der Waals surface area contributed by atoms with Crippen LogP contribution in [-0.2, 0) is 14.8 Å². The van der Waals surface area contributed by atoms with Crippen LogP contribution in [0.2, 0.25) is 0 Å². The molecule has 0 saturated carbocycles. The summed E-state index contributed by atoms with van der Waals surface area (Å²) in [6.07, 6.45) is 8.08. The molecule has 1 atom stereocenters. The Hall–Kier alpha value is -2.11. The molecule has 28 heavy (non-hydrogen) atoms. The van der Waals surface area contributed by atoms with Gasteiger partial charge in [-0.15, -0.1) is 0 Å². The maximum Gasteiger partial charge on any atom is 0.253 e. The van der Waals surface area contributed by atoms with Crippen LogP contribution in [0.5, 0.6) is 0 Å². The molecule has 0 saturated heterocycles. The fraction of sp³-hybridized carbons (Fsp3) is 0.471. The smallest absolute Gasteiger partial charge is 0.253 e. The molecule has 0 bridgehead atoms. The number of allylic oxidation sites excluding steroid dienone is 1. The second kappa shape index (κ2) is 10.4. The van der Waals surface area contributed by atoms with E-state index < -0.39 is 26.7 Å². The van der Waals surface area contributed by atoms with Crippen molar-refractivity contribution in [1.29, 1.82) is 0 Å². The van der Waals surface area contributed by atoms with Crippen molar-refractivity contribution in [2.24, 2.45) is 10.7 Å². The van der Waals surface area contributed by atoms with Crippen molar-refractivity contribution in [3.8, 4) is 0 Å². The number of amides is 2. The van der Waals surface area contributed by atoms with Crippen LogP contribution in [0.4, 0.5) is 0 Å². The second-order valence-corrected chi connectivity index (χ2v) is 9.46. The highest BCUT2D eigenvalue weighted by molar-refractivity contribution is 8.15. The summed E-state index contributed by atoms with van der Waals surface area (Å²) in [5.41, 5.74) is 6.30. The number of aliphatic imine (C=N–C) groups is 1. The molecule has 1 rings (SSSR count). The zero-order valence-electron chi connectivity index (χ0n) is 16.4. The quantitative estimate of drug-likeness (QED) is 0.243. The summed E-state index contributed by atoms with van der Waals surface area (Å²) in [7, 11) is -3.47. The number of hydrogen-bond donors (Lipinski definition) is 3. The number of thioether (sulfide) groups is 1. The third kappa shape index (κ3) is 8.28. The van der Waals surface area contributed by atoms with Gasteiger partial charge in [-0.2, -0.15) is 0 Å². The number of nitrogens with one attached hydrogen (secondary N) is 2. The van der Waals surface area contributed by atoms with E-state index in [1.165, 1.54) is 30.2 Å². The fourth-order valence-electron chi connectivity index (χ4n) is 1.98. The molecule has 1 aromatic rings. The van der Waals surface area contributed by atoms with Crippen LogP contribution in [0.3, 0.4) is 0 Å². The number of aromatic nitrogens is 1. The van der Waals surface area contributed by atoms with Crippen LogP contribution in [-0.4, -0.2) is 53.6 Å². The molecule has 1 heterocycles. The standard InChI is InChI=1S/C17H27N5O4S2/c1-5-7-9-17(3,18)27-16(19-6-2)21-14(23)11-20-15(24)13-8-10-22(12-13)28(4,25)26/h7-10,12H,5-6,11,18H2,1-4H3,(H,20,24)(H,19,21,23)/b9-7-. The number of carbonyl (C=O) groups excluding carboxylic acids is 2. The summed E-state index contributed by atoms with van der Waals surface area (Å²) >= 11 is 1.20. The van der Waals surface area contributed by atoms with Gasteiger partial charge in [0.05, 0.1) is 23.2 Å². The Morgan fingerprint density at radius 3 is 2.61 bits per heavy atom. The van der Waals surface area contributed by atoms with E-state index in [0.29, 0.717) is 11.7 Å². The molecule has 4 N–H and O–H groups in total. The van der Waals surface area contributed by atoms with E-state index in [-0.39, 0.29) is 12.1 Å². The molecule has 9 nitrogen and oxygen atoms in total. The Bertz CT molecular complexity index is 857. The topological polar surface area (TPSA) is 136 Å². The maximum atomic E-state index is 12.1. The zero-order chi connectivity index (χ0) is 21.4. The molecular weight excluding hydrogens is 402 g/mol. The Morgan fingerprint density at radius 2 is 2.07 bits per heavy atom. The van der Waals surface area contributed by atoms with E-state index in [2.05, 4.69) is 15.6 Å². The van der Waals surface area contributed by atoms with Crippen LogP contribution in [0, 0.1) is 0 Å². The van der Waals surface area contributed by atoms with E-state index in [9.17, 15) is 18.0 Å². The molecule has 0 spiro atoms. The van der Waals surface area contributed by atoms with Gasteiger partial charge in [-0.05, 0) is 26.3 Å². The predicted molar refractivity (Wildman–Crippen MR) is 113 cm³/mol. The molecule has 0 aliphatic carbocycles. The highest BCUT2D eigenvalue weighted by atomic mass is 32.2. The monoisotopic (exact) mass is 429 g/mol. The number of carbonyl (C=O) groups is 2. The van der Waals surface area contributed by atoms with Crippen LogP contribution in [0.1, 0.15) is 37.6 Å². The van der Waals surface area contributed by atoms with Gasteiger partial charge in [0.2, 0.25) is 15.9 Å². The van der Waals surface area contributed by atoms with Crippen molar-refractivity contribution in [2.45, 2.75) is 32.1 Å². The predicted octanol–water partition coefficient (Wildman–Crippen LogP) is 0.892. The van der Waals surface area contributed by atoms with Gasteiger partial charge >= 0.3 is 0 Å². The first-order chi connectivity index (χ1) is 13.0. The van der Waals surface area contributed by atoms with Crippen molar-refractivity contribution in [1.82, 2.24) is 14.6 Å². The van der Waals surface area contributed by atoms with Gasteiger partial charge in [0.1, 0.15) is 0 Å². The van der Waals surface area contributed by atoms with Crippen LogP contribution in [0.25, 0.3) is 0 Å². The van der Waals surface area contributed by atoms with Crippen molar-refractivity contribution in [2.75, 3.05) is 19.3 Å². The number of nitrogens with zero attached hydrogens (tertiary/aromatic N) is 2. The lowest BCUT2D eigenvalue weighted by Crippen LogP contribution is -2.41. The molecule has 1 aromatic heterocycles. The minimum atomic E-state index is -3.47. The number of amidine groups is 1. The van der Waals surface area contributed by atoms with Crippen molar-refractivity contribution < 1.29 is 18.0 Å².